The van der Waals surface area contributed by atoms with E-state index in [2.05, 4.69) is 50.6 Å². The van der Waals surface area contributed by atoms with Crippen LogP contribution in [0.5, 0.6) is 0 Å². The van der Waals surface area contributed by atoms with Crippen molar-refractivity contribution in [3.8, 4) is 0 Å². The van der Waals surface area contributed by atoms with Crippen molar-refractivity contribution < 1.29 is 4.74 Å². The summed E-state index contributed by atoms with van der Waals surface area (Å²) in [6.07, 6.45) is 5.50. The van der Waals surface area contributed by atoms with Gasteiger partial charge in [0.2, 0.25) is 0 Å². The van der Waals surface area contributed by atoms with Gasteiger partial charge in [-0.25, -0.2) is 4.98 Å². The lowest BCUT2D eigenvalue weighted by Gasteiger charge is -2.23. The van der Waals surface area contributed by atoms with Crippen LogP contribution in [0.4, 0.5) is 0 Å². The van der Waals surface area contributed by atoms with Crippen LogP contribution in [0.1, 0.15) is 53.8 Å². The van der Waals surface area contributed by atoms with E-state index in [-0.39, 0.29) is 6.10 Å². The molecule has 0 spiro atoms. The van der Waals surface area contributed by atoms with Gasteiger partial charge < -0.3 is 15.0 Å². The Labute approximate surface area is 152 Å². The molecule has 2 atom stereocenters. The van der Waals surface area contributed by atoms with Gasteiger partial charge in [-0.05, 0) is 56.7 Å². The van der Waals surface area contributed by atoms with E-state index in [9.17, 15) is 0 Å². The molecule has 1 aliphatic heterocycles. The number of aryl methyl sites for hydroxylation is 2. The lowest BCUT2D eigenvalue weighted by Crippen LogP contribution is -2.34. The highest BCUT2D eigenvalue weighted by atomic mass is 16.5. The Hall–Kier alpha value is -2.18. The molecule has 0 saturated carbocycles. The maximum Gasteiger partial charge on any atom is 0.179 e. The van der Waals surface area contributed by atoms with Gasteiger partial charge in [-0.1, -0.05) is 11.6 Å². The van der Waals surface area contributed by atoms with Gasteiger partial charge in [-0.2, -0.15) is 5.10 Å². The lowest BCUT2D eigenvalue weighted by molar-refractivity contribution is 0.105. The number of ether oxygens (including phenoxy) is 1. The normalized spacial score (nSPS) is 22.8. The number of hydrogen-bond acceptors (Lipinski definition) is 4. The van der Waals surface area contributed by atoms with Crippen LogP contribution < -0.4 is 5.32 Å². The maximum absolute atomic E-state index is 5.66. The first-order chi connectivity index (χ1) is 12.8. The number of H-pyrrole nitrogens is 2. The SMILES string of the molecule is Cc1ccc2[nH]c3c(c2c1)CC(NCc1nc(C2CCCO2)n[nH]1)CC3. The molecule has 3 heterocycles. The number of fused-ring (bicyclic) bond motifs is 3. The second-order valence-electron chi connectivity index (χ2n) is 7.59. The van der Waals surface area contributed by atoms with Crippen LogP contribution >= 0.6 is 0 Å². The Morgan fingerprint density at radius 2 is 2.27 bits per heavy atom. The smallest absolute Gasteiger partial charge is 0.179 e. The molecule has 3 N–H and O–H groups in total. The molecule has 0 bridgehead atoms. The van der Waals surface area contributed by atoms with Crippen molar-refractivity contribution in [2.24, 2.45) is 0 Å². The van der Waals surface area contributed by atoms with Gasteiger partial charge in [0.1, 0.15) is 11.9 Å². The molecule has 136 valence electrons. The van der Waals surface area contributed by atoms with Crippen molar-refractivity contribution in [3.05, 3.63) is 46.7 Å². The molecule has 1 aromatic carbocycles. The van der Waals surface area contributed by atoms with E-state index in [0.717, 1.165) is 56.9 Å². The first-order valence-corrected chi connectivity index (χ1v) is 9.62. The molecule has 2 aliphatic rings. The van der Waals surface area contributed by atoms with E-state index in [4.69, 9.17) is 4.74 Å². The lowest BCUT2D eigenvalue weighted by atomic mass is 9.91. The summed E-state index contributed by atoms with van der Waals surface area (Å²) in [7, 11) is 0. The van der Waals surface area contributed by atoms with Gasteiger partial charge in [0.15, 0.2) is 5.82 Å². The van der Waals surface area contributed by atoms with Crippen LogP contribution in [0.15, 0.2) is 18.2 Å². The van der Waals surface area contributed by atoms with E-state index in [1.165, 1.54) is 27.7 Å². The van der Waals surface area contributed by atoms with E-state index < -0.39 is 0 Å². The molecule has 0 amide bonds. The third kappa shape index (κ3) is 2.93. The van der Waals surface area contributed by atoms with Crippen molar-refractivity contribution >= 4 is 10.9 Å². The molecule has 26 heavy (non-hydrogen) atoms. The van der Waals surface area contributed by atoms with Gasteiger partial charge in [0, 0.05) is 29.2 Å². The minimum atomic E-state index is 0.0756. The molecule has 2 aromatic heterocycles. The summed E-state index contributed by atoms with van der Waals surface area (Å²) in [5.41, 5.74) is 5.46. The standard InChI is InChI=1S/C20H25N5O/c1-12-4-6-16-14(9-12)15-10-13(5-7-17(15)22-16)21-11-19-23-20(25-24-19)18-3-2-8-26-18/h4,6,9,13,18,21-22H,2-3,5,7-8,10-11H2,1H3,(H,23,24,25). The molecule has 1 fully saturated rings. The van der Waals surface area contributed by atoms with Crippen LogP contribution in [-0.2, 0) is 24.1 Å². The predicted molar refractivity (Wildman–Crippen MR) is 100.0 cm³/mol. The maximum atomic E-state index is 5.66. The van der Waals surface area contributed by atoms with E-state index in [0.29, 0.717) is 6.04 Å². The minimum Gasteiger partial charge on any atom is -0.370 e. The summed E-state index contributed by atoms with van der Waals surface area (Å²) in [6.45, 7) is 3.70. The fourth-order valence-electron chi connectivity index (χ4n) is 4.26. The second-order valence-corrected chi connectivity index (χ2v) is 7.59. The van der Waals surface area contributed by atoms with Gasteiger partial charge >= 0.3 is 0 Å². The van der Waals surface area contributed by atoms with Crippen LogP contribution in [0.25, 0.3) is 10.9 Å². The Morgan fingerprint density at radius 1 is 1.31 bits per heavy atom. The van der Waals surface area contributed by atoms with Crippen LogP contribution in [0.3, 0.4) is 0 Å². The molecule has 1 aliphatic carbocycles. The third-order valence-corrected chi connectivity index (χ3v) is 5.67. The third-order valence-electron chi connectivity index (χ3n) is 5.67. The summed E-state index contributed by atoms with van der Waals surface area (Å²) >= 11 is 0. The summed E-state index contributed by atoms with van der Waals surface area (Å²) in [5, 5.41) is 12.4. The van der Waals surface area contributed by atoms with Gasteiger partial charge in [0.25, 0.3) is 0 Å². The number of aromatic nitrogens is 4. The van der Waals surface area contributed by atoms with Crippen LogP contribution in [-0.4, -0.2) is 32.8 Å². The summed E-state index contributed by atoms with van der Waals surface area (Å²) in [6, 6.07) is 7.15. The van der Waals surface area contributed by atoms with E-state index in [1.807, 2.05) is 0 Å². The largest absolute Gasteiger partial charge is 0.370 e. The Morgan fingerprint density at radius 3 is 3.15 bits per heavy atom. The van der Waals surface area contributed by atoms with Crippen molar-refractivity contribution in [2.75, 3.05) is 6.61 Å². The van der Waals surface area contributed by atoms with E-state index >= 15 is 0 Å². The highest BCUT2D eigenvalue weighted by Crippen LogP contribution is 2.30. The van der Waals surface area contributed by atoms with Crippen molar-refractivity contribution in [1.82, 2.24) is 25.5 Å². The van der Waals surface area contributed by atoms with Crippen LogP contribution in [0, 0.1) is 6.92 Å². The number of nitrogens with one attached hydrogen (secondary N) is 3. The molecule has 1 saturated heterocycles. The molecule has 2 unspecified atom stereocenters. The van der Waals surface area contributed by atoms with Gasteiger partial charge in [-0.3, -0.25) is 5.10 Å². The minimum absolute atomic E-state index is 0.0756. The first kappa shape index (κ1) is 16.0. The van der Waals surface area contributed by atoms with Crippen molar-refractivity contribution in [3.63, 3.8) is 0 Å². The molecule has 6 heteroatoms. The van der Waals surface area contributed by atoms with E-state index in [1.54, 1.807) is 0 Å². The number of rotatable bonds is 4. The fraction of sp³-hybridized carbons (Fsp3) is 0.500. The Kier molecular flexibility index (Phi) is 4.02. The summed E-state index contributed by atoms with van der Waals surface area (Å²) in [4.78, 5) is 8.21. The molecule has 0 radical (unpaired) electrons. The first-order valence-electron chi connectivity index (χ1n) is 9.62. The van der Waals surface area contributed by atoms with Gasteiger partial charge in [-0.15, -0.1) is 0 Å². The predicted octanol–water partition coefficient (Wildman–Crippen LogP) is 3.09. The monoisotopic (exact) mass is 351 g/mol. The molecule has 5 rings (SSSR count). The molecule has 6 nitrogen and oxygen atoms in total. The van der Waals surface area contributed by atoms with Crippen molar-refractivity contribution in [1.29, 1.82) is 0 Å². The summed E-state index contributed by atoms with van der Waals surface area (Å²) in [5.74, 6) is 1.70. The fourth-order valence-corrected chi connectivity index (χ4v) is 4.26. The van der Waals surface area contributed by atoms with Crippen LogP contribution in [0.2, 0.25) is 0 Å². The summed E-state index contributed by atoms with van der Waals surface area (Å²) < 4.78 is 5.66. The zero-order valence-corrected chi connectivity index (χ0v) is 15.1. The quantitative estimate of drug-likeness (QED) is 0.675. The topological polar surface area (TPSA) is 78.6 Å². The Balaban J connectivity index is 1.26. The average molecular weight is 351 g/mol. The number of nitrogens with zero attached hydrogens (tertiary/aromatic N) is 2. The second kappa shape index (κ2) is 6.52. The number of benzene rings is 1. The number of aromatic amines is 2. The highest BCUT2D eigenvalue weighted by molar-refractivity contribution is 5.85. The Bertz CT molecular complexity index is 922. The molecule has 3 aromatic rings. The highest BCUT2D eigenvalue weighted by Gasteiger charge is 2.24. The zero-order chi connectivity index (χ0) is 17.5. The van der Waals surface area contributed by atoms with Gasteiger partial charge in [0.05, 0.1) is 6.54 Å². The number of hydrogen-bond donors (Lipinski definition) is 3. The molecular formula is C20H25N5O. The zero-order valence-electron chi connectivity index (χ0n) is 15.1. The van der Waals surface area contributed by atoms with Crippen molar-refractivity contribution in [2.45, 2.75) is 57.7 Å². The average Bonchev–Trinajstić information content (AvgIpc) is 3.39. The molecular weight excluding hydrogens is 326 g/mol.